The fourth-order valence-electron chi connectivity index (χ4n) is 4.61. The van der Waals surface area contributed by atoms with Gasteiger partial charge in [0.15, 0.2) is 0 Å². The van der Waals surface area contributed by atoms with Crippen LogP contribution < -0.4 is 9.47 Å². The van der Waals surface area contributed by atoms with Crippen molar-refractivity contribution in [1.82, 2.24) is 0 Å². The monoisotopic (exact) mass is 402 g/mol. The third-order valence-electron chi connectivity index (χ3n) is 5.78. The van der Waals surface area contributed by atoms with Crippen LogP contribution in [0.15, 0.2) is 66.7 Å². The second-order valence-corrected chi connectivity index (χ2v) is 9.03. The smallest absolute Gasteiger partial charge is 0.126 e. The van der Waals surface area contributed by atoms with Crippen LogP contribution in [0, 0.1) is 0 Å². The molecule has 3 aromatic rings. The lowest BCUT2D eigenvalue weighted by molar-refractivity contribution is 0.130. The zero-order valence-electron chi connectivity index (χ0n) is 18.2. The Labute approximate surface area is 179 Å². The molecule has 3 aromatic carbocycles. The lowest BCUT2D eigenvalue weighted by Crippen LogP contribution is -2.24. The predicted octanol–water partition coefficient (Wildman–Crippen LogP) is 6.44. The van der Waals surface area contributed by atoms with E-state index >= 15 is 0 Å². The Hall–Kier alpha value is -2.94. The molecule has 0 heterocycles. The van der Waals surface area contributed by atoms with Gasteiger partial charge in [-0.25, -0.2) is 0 Å². The fraction of sp³-hybridized carbons (Fsp3) is 0.333. The van der Waals surface area contributed by atoms with E-state index in [1.165, 1.54) is 16.7 Å². The van der Waals surface area contributed by atoms with E-state index in [0.29, 0.717) is 5.92 Å². The zero-order chi connectivity index (χ0) is 21.3. The van der Waals surface area contributed by atoms with Crippen LogP contribution in [0.3, 0.4) is 0 Å². The average Bonchev–Trinajstić information content (AvgIpc) is 2.72. The van der Waals surface area contributed by atoms with Gasteiger partial charge in [-0.1, -0.05) is 42.5 Å². The molecular weight excluding hydrogens is 372 g/mol. The molecule has 2 atom stereocenters. The van der Waals surface area contributed by atoms with E-state index in [1.807, 2.05) is 6.07 Å². The molecule has 3 nitrogen and oxygen atoms in total. The molecule has 0 spiro atoms. The molecule has 0 bridgehead atoms. The maximum atomic E-state index is 9.99. The Balaban J connectivity index is 1.84. The molecule has 0 aliphatic heterocycles. The van der Waals surface area contributed by atoms with Gasteiger partial charge in [0.05, 0.1) is 7.11 Å². The summed E-state index contributed by atoms with van der Waals surface area (Å²) in [5.41, 5.74) is 4.84. The molecule has 30 heavy (non-hydrogen) atoms. The largest absolute Gasteiger partial charge is 0.508 e. The van der Waals surface area contributed by atoms with Gasteiger partial charge in [0.25, 0.3) is 0 Å². The minimum Gasteiger partial charge on any atom is -0.508 e. The Morgan fingerprint density at radius 1 is 0.900 bits per heavy atom. The molecule has 156 valence electrons. The predicted molar refractivity (Wildman–Crippen MR) is 121 cm³/mol. The molecule has 3 heteroatoms. The Morgan fingerprint density at radius 2 is 1.63 bits per heavy atom. The molecule has 0 saturated carbocycles. The van der Waals surface area contributed by atoms with Gasteiger partial charge >= 0.3 is 0 Å². The average molecular weight is 403 g/mol. The number of aryl methyl sites for hydroxylation is 1. The van der Waals surface area contributed by atoms with E-state index in [1.54, 1.807) is 19.2 Å². The SMILES string of the molecule is COc1cc(O)ccc1[C@@H]1c2ccc(OC(C)(C)C)cc2CC[C@@H]1c1ccccc1. The normalized spacial score (nSPS) is 18.5. The quantitative estimate of drug-likeness (QED) is 0.546. The van der Waals surface area contributed by atoms with Crippen molar-refractivity contribution in [3.05, 3.63) is 89.0 Å². The summed E-state index contributed by atoms with van der Waals surface area (Å²) in [6.45, 7) is 6.21. The van der Waals surface area contributed by atoms with Gasteiger partial charge in [0, 0.05) is 17.5 Å². The number of ether oxygens (including phenoxy) is 2. The van der Waals surface area contributed by atoms with Crippen LogP contribution in [0.5, 0.6) is 17.2 Å². The summed E-state index contributed by atoms with van der Waals surface area (Å²) in [6, 6.07) is 22.7. The number of benzene rings is 3. The van der Waals surface area contributed by atoms with Gasteiger partial charge in [-0.05, 0) is 74.4 Å². The van der Waals surface area contributed by atoms with Crippen LogP contribution in [0.25, 0.3) is 0 Å². The van der Waals surface area contributed by atoms with Crippen molar-refractivity contribution in [3.8, 4) is 17.2 Å². The van der Waals surface area contributed by atoms with Crippen LogP contribution in [-0.2, 0) is 6.42 Å². The highest BCUT2D eigenvalue weighted by molar-refractivity contribution is 5.52. The van der Waals surface area contributed by atoms with Crippen LogP contribution in [0.2, 0.25) is 0 Å². The van der Waals surface area contributed by atoms with Crippen molar-refractivity contribution in [2.75, 3.05) is 7.11 Å². The first kappa shape index (κ1) is 20.3. The lowest BCUT2D eigenvalue weighted by atomic mass is 9.69. The highest BCUT2D eigenvalue weighted by atomic mass is 16.5. The van der Waals surface area contributed by atoms with Crippen molar-refractivity contribution in [1.29, 1.82) is 0 Å². The van der Waals surface area contributed by atoms with Crippen molar-refractivity contribution in [2.45, 2.75) is 51.0 Å². The molecule has 0 fully saturated rings. The molecule has 1 aliphatic rings. The summed E-state index contributed by atoms with van der Waals surface area (Å²) in [7, 11) is 1.67. The van der Waals surface area contributed by atoms with Crippen LogP contribution >= 0.6 is 0 Å². The number of fused-ring (bicyclic) bond motifs is 1. The van der Waals surface area contributed by atoms with E-state index in [4.69, 9.17) is 9.47 Å². The van der Waals surface area contributed by atoms with Gasteiger partial charge in [-0.3, -0.25) is 0 Å². The highest BCUT2D eigenvalue weighted by Crippen LogP contribution is 2.49. The number of methoxy groups -OCH3 is 1. The minimum atomic E-state index is -0.227. The molecule has 0 amide bonds. The first-order valence-electron chi connectivity index (χ1n) is 10.6. The maximum Gasteiger partial charge on any atom is 0.126 e. The zero-order valence-corrected chi connectivity index (χ0v) is 18.2. The molecule has 4 rings (SSSR count). The summed E-state index contributed by atoms with van der Waals surface area (Å²) in [5.74, 6) is 2.35. The van der Waals surface area contributed by atoms with E-state index < -0.39 is 0 Å². The first-order chi connectivity index (χ1) is 14.4. The van der Waals surface area contributed by atoms with Gasteiger partial charge < -0.3 is 14.6 Å². The number of rotatable bonds is 4. The van der Waals surface area contributed by atoms with E-state index in [9.17, 15) is 5.11 Å². The van der Waals surface area contributed by atoms with Crippen LogP contribution in [0.4, 0.5) is 0 Å². The standard InChI is InChI=1S/C27H30O3/c1-27(2,3)30-21-12-15-23-19(16-21)10-13-22(18-8-6-5-7-9-18)26(23)24-14-11-20(28)17-25(24)29-4/h5-9,11-12,14-17,22,26,28H,10,13H2,1-4H3/t22-,26+/m1/s1. The Kier molecular flexibility index (Phi) is 5.46. The van der Waals surface area contributed by atoms with Gasteiger partial charge in [-0.2, -0.15) is 0 Å². The highest BCUT2D eigenvalue weighted by Gasteiger charge is 2.34. The van der Waals surface area contributed by atoms with Gasteiger partial charge in [0.2, 0.25) is 0 Å². The molecular formula is C27H30O3. The second kappa shape index (κ2) is 8.06. The molecule has 1 N–H and O–H groups in total. The number of hydrogen-bond acceptors (Lipinski definition) is 3. The topological polar surface area (TPSA) is 38.7 Å². The third-order valence-corrected chi connectivity index (χ3v) is 5.78. The minimum absolute atomic E-state index is 0.149. The molecule has 0 unspecified atom stereocenters. The Bertz CT molecular complexity index is 1020. The van der Waals surface area contributed by atoms with Gasteiger partial charge in [-0.15, -0.1) is 0 Å². The van der Waals surface area contributed by atoms with Crippen molar-refractivity contribution < 1.29 is 14.6 Å². The van der Waals surface area contributed by atoms with E-state index in [2.05, 4.69) is 69.3 Å². The summed E-state index contributed by atoms with van der Waals surface area (Å²) >= 11 is 0. The summed E-state index contributed by atoms with van der Waals surface area (Å²) in [6.07, 6.45) is 2.05. The van der Waals surface area contributed by atoms with Crippen molar-refractivity contribution in [3.63, 3.8) is 0 Å². The number of phenolic OH excluding ortho intramolecular Hbond substituents is 1. The van der Waals surface area contributed by atoms with E-state index in [-0.39, 0.29) is 17.3 Å². The van der Waals surface area contributed by atoms with Crippen LogP contribution in [-0.4, -0.2) is 17.8 Å². The molecule has 0 radical (unpaired) electrons. The lowest BCUT2D eigenvalue weighted by Gasteiger charge is -2.36. The van der Waals surface area contributed by atoms with Crippen molar-refractivity contribution >= 4 is 0 Å². The summed E-state index contributed by atoms with van der Waals surface area (Å²) in [4.78, 5) is 0. The second-order valence-electron chi connectivity index (χ2n) is 9.03. The fourth-order valence-corrected chi connectivity index (χ4v) is 4.61. The molecule has 0 aromatic heterocycles. The maximum absolute atomic E-state index is 9.99. The van der Waals surface area contributed by atoms with Gasteiger partial charge in [0.1, 0.15) is 22.8 Å². The first-order valence-corrected chi connectivity index (χ1v) is 10.6. The number of phenols is 1. The number of hydrogen-bond donors (Lipinski definition) is 1. The Morgan fingerprint density at radius 3 is 2.33 bits per heavy atom. The summed E-state index contributed by atoms with van der Waals surface area (Å²) in [5, 5.41) is 9.99. The summed E-state index contributed by atoms with van der Waals surface area (Å²) < 4.78 is 11.8. The molecule has 0 saturated heterocycles. The van der Waals surface area contributed by atoms with Crippen LogP contribution in [0.1, 0.15) is 61.3 Å². The van der Waals surface area contributed by atoms with E-state index in [0.717, 1.165) is 29.9 Å². The van der Waals surface area contributed by atoms with Crippen molar-refractivity contribution in [2.24, 2.45) is 0 Å². The number of aromatic hydroxyl groups is 1. The molecule has 1 aliphatic carbocycles. The third kappa shape index (κ3) is 4.16.